The van der Waals surface area contributed by atoms with E-state index < -0.39 is 5.41 Å². The summed E-state index contributed by atoms with van der Waals surface area (Å²) in [6.07, 6.45) is 9.32. The SMILES string of the molecule is C[C@H](NC(=O)N1CCC2(CC1)C(=O)N(c1cncnc1)C2c1cccnc1)c1ccc(F)cc1. The summed E-state index contributed by atoms with van der Waals surface area (Å²) in [5.41, 5.74) is 1.84. The van der Waals surface area contributed by atoms with Crippen molar-refractivity contribution in [1.29, 1.82) is 0 Å². The molecule has 0 saturated carbocycles. The van der Waals surface area contributed by atoms with Gasteiger partial charge in [0.05, 0.1) is 35.6 Å². The first-order valence-electron chi connectivity index (χ1n) is 11.3. The van der Waals surface area contributed by atoms with E-state index in [2.05, 4.69) is 20.3 Å². The number of β-lactam (4-membered cyclic amide) rings is 1. The van der Waals surface area contributed by atoms with Gasteiger partial charge in [0.25, 0.3) is 0 Å². The molecule has 0 aliphatic carbocycles. The number of carbonyl (C=O) groups is 2. The van der Waals surface area contributed by atoms with Crippen molar-refractivity contribution in [2.24, 2.45) is 5.41 Å². The molecule has 1 N–H and O–H groups in total. The van der Waals surface area contributed by atoms with Gasteiger partial charge in [-0.25, -0.2) is 19.2 Å². The summed E-state index contributed by atoms with van der Waals surface area (Å²) in [5.74, 6) is -0.288. The van der Waals surface area contributed by atoms with Crippen LogP contribution in [0.2, 0.25) is 0 Å². The monoisotopic (exact) mass is 460 g/mol. The van der Waals surface area contributed by atoms with Crippen LogP contribution in [0.1, 0.15) is 43.0 Å². The second kappa shape index (κ2) is 8.81. The van der Waals surface area contributed by atoms with Crippen molar-refractivity contribution in [1.82, 2.24) is 25.2 Å². The Labute approximate surface area is 196 Å². The average molecular weight is 461 g/mol. The predicted molar refractivity (Wildman–Crippen MR) is 123 cm³/mol. The zero-order valence-electron chi connectivity index (χ0n) is 18.8. The number of aromatic nitrogens is 3. The second-order valence-corrected chi connectivity index (χ2v) is 8.83. The van der Waals surface area contributed by atoms with E-state index in [4.69, 9.17) is 0 Å². The van der Waals surface area contributed by atoms with Gasteiger partial charge in [-0.1, -0.05) is 18.2 Å². The first-order chi connectivity index (χ1) is 16.5. The molecular formula is C25H25FN6O2. The lowest BCUT2D eigenvalue weighted by Crippen LogP contribution is -2.67. The van der Waals surface area contributed by atoms with Gasteiger partial charge in [-0.2, -0.15) is 0 Å². The Kier molecular flexibility index (Phi) is 5.69. The number of hydrogen-bond acceptors (Lipinski definition) is 5. The van der Waals surface area contributed by atoms with E-state index in [0.29, 0.717) is 31.6 Å². The van der Waals surface area contributed by atoms with Crippen molar-refractivity contribution in [2.45, 2.75) is 31.8 Å². The number of amides is 3. The van der Waals surface area contributed by atoms with E-state index in [1.54, 1.807) is 46.7 Å². The van der Waals surface area contributed by atoms with Crippen molar-refractivity contribution in [3.8, 4) is 0 Å². The summed E-state index contributed by atoms with van der Waals surface area (Å²) >= 11 is 0. The van der Waals surface area contributed by atoms with Crippen LogP contribution < -0.4 is 10.2 Å². The molecule has 5 rings (SSSR count). The van der Waals surface area contributed by atoms with Crippen molar-refractivity contribution in [3.05, 3.63) is 84.5 Å². The van der Waals surface area contributed by atoms with Gasteiger partial charge in [-0.05, 0) is 49.1 Å². The van der Waals surface area contributed by atoms with Crippen molar-refractivity contribution >= 4 is 17.6 Å². The average Bonchev–Trinajstić information content (AvgIpc) is 2.88. The van der Waals surface area contributed by atoms with Crippen LogP contribution in [0.4, 0.5) is 14.9 Å². The standard InChI is InChI=1S/C25H25FN6O2/c1-17(18-4-6-20(26)7-5-18)30-24(34)31-11-8-25(9-12-31)22(19-3-2-10-27-13-19)32(23(25)33)21-14-28-16-29-15-21/h2-7,10,13-17,22H,8-9,11-12H2,1H3,(H,30,34)/t17-,22?/m0/s1. The number of anilines is 1. The molecule has 2 fully saturated rings. The number of nitrogens with one attached hydrogen (secondary N) is 1. The third-order valence-corrected chi connectivity index (χ3v) is 6.90. The molecule has 0 radical (unpaired) electrons. The fourth-order valence-electron chi connectivity index (χ4n) is 5.05. The summed E-state index contributed by atoms with van der Waals surface area (Å²) in [6, 6.07) is 9.30. The predicted octanol–water partition coefficient (Wildman–Crippen LogP) is 3.65. The minimum atomic E-state index is -0.599. The van der Waals surface area contributed by atoms with Crippen LogP contribution >= 0.6 is 0 Å². The van der Waals surface area contributed by atoms with Crippen molar-refractivity contribution < 1.29 is 14.0 Å². The molecule has 3 amide bonds. The van der Waals surface area contributed by atoms with Crippen LogP contribution in [0.5, 0.6) is 0 Å². The summed E-state index contributed by atoms with van der Waals surface area (Å²) in [5, 5.41) is 2.98. The van der Waals surface area contributed by atoms with E-state index in [1.165, 1.54) is 18.5 Å². The highest BCUT2D eigenvalue weighted by atomic mass is 19.1. The van der Waals surface area contributed by atoms with Crippen molar-refractivity contribution in [2.75, 3.05) is 18.0 Å². The fraction of sp³-hybridized carbons (Fsp3) is 0.320. The van der Waals surface area contributed by atoms with Gasteiger partial charge >= 0.3 is 6.03 Å². The molecule has 8 nitrogen and oxygen atoms in total. The topological polar surface area (TPSA) is 91.3 Å². The van der Waals surface area contributed by atoms with Crippen LogP contribution in [0, 0.1) is 11.2 Å². The van der Waals surface area contributed by atoms with E-state index in [9.17, 15) is 14.0 Å². The molecule has 1 aromatic carbocycles. The number of piperidine rings is 1. The molecule has 2 saturated heterocycles. The van der Waals surface area contributed by atoms with Crippen LogP contribution in [-0.4, -0.2) is 44.9 Å². The maximum atomic E-state index is 13.5. The van der Waals surface area contributed by atoms with Crippen LogP contribution in [0.3, 0.4) is 0 Å². The Bertz CT molecular complexity index is 1170. The highest BCUT2D eigenvalue weighted by Gasteiger charge is 2.62. The quantitative estimate of drug-likeness (QED) is 0.600. The molecule has 4 heterocycles. The summed E-state index contributed by atoms with van der Waals surface area (Å²) in [6.45, 7) is 2.79. The zero-order valence-corrected chi connectivity index (χ0v) is 18.8. The van der Waals surface area contributed by atoms with Gasteiger partial charge in [-0.15, -0.1) is 0 Å². The third kappa shape index (κ3) is 3.76. The number of likely N-dealkylation sites (tertiary alicyclic amines) is 1. The Morgan fingerprint density at radius 2 is 1.79 bits per heavy atom. The first-order valence-corrected chi connectivity index (χ1v) is 11.3. The van der Waals surface area contributed by atoms with Crippen LogP contribution in [0.15, 0.2) is 67.5 Å². The Morgan fingerprint density at radius 3 is 2.44 bits per heavy atom. The van der Waals surface area contributed by atoms with Crippen LogP contribution in [0.25, 0.3) is 0 Å². The van der Waals surface area contributed by atoms with E-state index in [1.807, 2.05) is 19.1 Å². The Hall–Kier alpha value is -3.88. The molecular weight excluding hydrogens is 435 g/mol. The van der Waals surface area contributed by atoms with Gasteiger partial charge in [0, 0.05) is 25.5 Å². The molecule has 3 aromatic rings. The van der Waals surface area contributed by atoms with Crippen LogP contribution in [-0.2, 0) is 4.79 Å². The minimum absolute atomic E-state index is 0.0240. The maximum absolute atomic E-state index is 13.5. The van der Waals surface area contributed by atoms with Crippen molar-refractivity contribution in [3.63, 3.8) is 0 Å². The molecule has 2 aliphatic heterocycles. The lowest BCUT2D eigenvalue weighted by molar-refractivity contribution is -0.144. The number of rotatable bonds is 4. The van der Waals surface area contributed by atoms with Gasteiger partial charge in [0.15, 0.2) is 0 Å². The number of halogens is 1. The lowest BCUT2D eigenvalue weighted by Gasteiger charge is -2.58. The molecule has 2 atom stereocenters. The largest absolute Gasteiger partial charge is 0.331 e. The zero-order chi connectivity index (χ0) is 23.7. The third-order valence-electron chi connectivity index (χ3n) is 6.90. The molecule has 2 aliphatic rings. The molecule has 34 heavy (non-hydrogen) atoms. The number of benzene rings is 1. The number of nitrogens with zero attached hydrogens (tertiary/aromatic N) is 5. The highest BCUT2D eigenvalue weighted by molar-refractivity contribution is 6.06. The van der Waals surface area contributed by atoms with Gasteiger partial charge in [-0.3, -0.25) is 9.78 Å². The normalized spacial score (nSPS) is 20.1. The van der Waals surface area contributed by atoms with E-state index >= 15 is 0 Å². The molecule has 0 bridgehead atoms. The molecule has 9 heteroatoms. The first kappa shape index (κ1) is 21.9. The maximum Gasteiger partial charge on any atom is 0.317 e. The highest BCUT2D eigenvalue weighted by Crippen LogP contribution is 2.57. The van der Waals surface area contributed by atoms with Gasteiger partial charge in [0.1, 0.15) is 12.1 Å². The van der Waals surface area contributed by atoms with Gasteiger partial charge < -0.3 is 15.1 Å². The molecule has 1 spiro atoms. The number of carbonyl (C=O) groups excluding carboxylic acids is 2. The summed E-state index contributed by atoms with van der Waals surface area (Å²) in [7, 11) is 0. The number of urea groups is 1. The fourth-order valence-corrected chi connectivity index (χ4v) is 5.05. The smallest absolute Gasteiger partial charge is 0.317 e. The molecule has 174 valence electrons. The number of pyridine rings is 1. The minimum Gasteiger partial charge on any atom is -0.331 e. The van der Waals surface area contributed by atoms with E-state index in [0.717, 1.165) is 11.1 Å². The second-order valence-electron chi connectivity index (χ2n) is 8.83. The van der Waals surface area contributed by atoms with E-state index in [-0.39, 0.29) is 29.8 Å². The summed E-state index contributed by atoms with van der Waals surface area (Å²) in [4.78, 5) is 42.3. The Balaban J connectivity index is 1.31. The Morgan fingerprint density at radius 1 is 1.09 bits per heavy atom. The van der Waals surface area contributed by atoms with Gasteiger partial charge in [0.2, 0.25) is 5.91 Å². The molecule has 2 aromatic heterocycles. The summed E-state index contributed by atoms with van der Waals surface area (Å²) < 4.78 is 13.2. The lowest BCUT2D eigenvalue weighted by atomic mass is 9.62. The molecule has 1 unspecified atom stereocenters. The number of hydrogen-bond donors (Lipinski definition) is 1.